The molecule has 0 saturated heterocycles. The normalized spacial score (nSPS) is 10.7. The first kappa shape index (κ1) is 9.37. The minimum atomic E-state index is -0.0626. The van der Waals surface area contributed by atoms with E-state index in [1.54, 1.807) is 0 Å². The van der Waals surface area contributed by atoms with Gasteiger partial charge in [0, 0.05) is 20.5 Å². The molecule has 0 saturated carbocycles. The zero-order valence-electron chi connectivity index (χ0n) is 7.78. The van der Waals surface area contributed by atoms with Crippen LogP contribution in [0.4, 0.5) is 0 Å². The van der Waals surface area contributed by atoms with Gasteiger partial charge in [0.05, 0.1) is 6.61 Å². The number of aliphatic hydroxyl groups excluding tert-OH is 1. The quantitative estimate of drug-likeness (QED) is 0.766. The summed E-state index contributed by atoms with van der Waals surface area (Å²) in [5.74, 6) is 0. The maximum atomic E-state index is 10.9. The number of aliphatic hydroxyl groups is 1. The summed E-state index contributed by atoms with van der Waals surface area (Å²) < 4.78 is 1.07. The topological polar surface area (TPSA) is 37.3 Å². The molecule has 14 heavy (non-hydrogen) atoms. The second kappa shape index (κ2) is 3.52. The van der Waals surface area contributed by atoms with Crippen molar-refractivity contribution in [2.75, 3.05) is 0 Å². The van der Waals surface area contributed by atoms with Crippen LogP contribution in [0.25, 0.3) is 10.1 Å². The summed E-state index contributed by atoms with van der Waals surface area (Å²) in [5.41, 5.74) is 1.73. The highest BCUT2D eigenvalue weighted by atomic mass is 32.1. The van der Waals surface area contributed by atoms with Crippen molar-refractivity contribution in [1.82, 2.24) is 0 Å². The molecule has 3 heteroatoms. The molecular formula is C11H10O2S. The van der Waals surface area contributed by atoms with Crippen molar-refractivity contribution in [3.05, 3.63) is 34.2 Å². The van der Waals surface area contributed by atoms with Crippen molar-refractivity contribution >= 4 is 27.7 Å². The van der Waals surface area contributed by atoms with E-state index >= 15 is 0 Å². The van der Waals surface area contributed by atoms with Crippen molar-refractivity contribution < 1.29 is 9.90 Å². The molecule has 0 atom stereocenters. The number of aldehydes is 1. The van der Waals surface area contributed by atoms with Crippen LogP contribution in [0.1, 0.15) is 20.8 Å². The van der Waals surface area contributed by atoms with Gasteiger partial charge in [0.15, 0.2) is 6.29 Å². The summed E-state index contributed by atoms with van der Waals surface area (Å²) in [4.78, 5) is 11.7. The third-order valence-corrected chi connectivity index (χ3v) is 3.45. The lowest BCUT2D eigenvalue weighted by Crippen LogP contribution is -1.86. The molecule has 2 nitrogen and oxygen atoms in total. The first-order chi connectivity index (χ1) is 6.77. The predicted octanol–water partition coefficient (Wildman–Crippen LogP) is 2.51. The molecular weight excluding hydrogens is 196 g/mol. The summed E-state index contributed by atoms with van der Waals surface area (Å²) in [6.45, 7) is 1.91. The predicted molar refractivity (Wildman–Crippen MR) is 57.9 cm³/mol. The zero-order valence-corrected chi connectivity index (χ0v) is 8.60. The van der Waals surface area contributed by atoms with Crippen LogP contribution in [0.2, 0.25) is 0 Å². The largest absolute Gasteiger partial charge is 0.391 e. The van der Waals surface area contributed by atoms with E-state index in [4.69, 9.17) is 5.11 Å². The van der Waals surface area contributed by atoms with E-state index in [1.807, 2.05) is 25.1 Å². The molecule has 0 radical (unpaired) electrons. The number of hydrogen-bond donors (Lipinski definition) is 1. The van der Waals surface area contributed by atoms with Crippen LogP contribution < -0.4 is 0 Å². The molecule has 0 aliphatic rings. The van der Waals surface area contributed by atoms with E-state index in [-0.39, 0.29) is 6.61 Å². The Morgan fingerprint density at radius 1 is 1.50 bits per heavy atom. The number of carbonyl (C=O) groups is 1. The lowest BCUT2D eigenvalue weighted by atomic mass is 10.1. The fourth-order valence-electron chi connectivity index (χ4n) is 1.64. The van der Waals surface area contributed by atoms with Crippen LogP contribution in [0.3, 0.4) is 0 Å². The molecule has 1 N–H and O–H groups in total. The van der Waals surface area contributed by atoms with Crippen molar-refractivity contribution in [3.8, 4) is 0 Å². The van der Waals surface area contributed by atoms with Crippen LogP contribution in [-0.2, 0) is 6.61 Å². The van der Waals surface area contributed by atoms with E-state index in [1.165, 1.54) is 11.3 Å². The van der Waals surface area contributed by atoms with Gasteiger partial charge in [0.1, 0.15) is 0 Å². The van der Waals surface area contributed by atoms with Crippen LogP contribution in [0.5, 0.6) is 0 Å². The summed E-state index contributed by atoms with van der Waals surface area (Å²) >= 11 is 1.48. The van der Waals surface area contributed by atoms with Crippen LogP contribution in [0.15, 0.2) is 18.2 Å². The third kappa shape index (κ3) is 1.25. The molecule has 0 aliphatic carbocycles. The van der Waals surface area contributed by atoms with E-state index < -0.39 is 0 Å². The minimum absolute atomic E-state index is 0.0626. The van der Waals surface area contributed by atoms with Gasteiger partial charge >= 0.3 is 0 Å². The fraction of sp³-hybridized carbons (Fsp3) is 0.182. The van der Waals surface area contributed by atoms with E-state index in [0.29, 0.717) is 5.56 Å². The first-order valence-electron chi connectivity index (χ1n) is 4.35. The van der Waals surface area contributed by atoms with Gasteiger partial charge in [0.2, 0.25) is 0 Å². The maximum absolute atomic E-state index is 10.9. The maximum Gasteiger partial charge on any atom is 0.151 e. The molecule has 0 bridgehead atoms. The molecule has 1 aromatic heterocycles. The average Bonchev–Trinajstić information content (AvgIpc) is 2.56. The Hall–Kier alpha value is -1.19. The average molecular weight is 206 g/mol. The Labute approximate surface area is 85.8 Å². The van der Waals surface area contributed by atoms with Crippen molar-refractivity contribution in [3.63, 3.8) is 0 Å². The SMILES string of the molecule is Cc1cccc2sc(CO)c(C=O)c12. The molecule has 0 fully saturated rings. The van der Waals surface area contributed by atoms with Gasteiger partial charge in [-0.3, -0.25) is 4.79 Å². The Bertz CT molecular complexity index is 485. The van der Waals surface area contributed by atoms with Gasteiger partial charge < -0.3 is 5.11 Å². The second-order valence-electron chi connectivity index (χ2n) is 3.16. The van der Waals surface area contributed by atoms with Crippen LogP contribution in [-0.4, -0.2) is 11.4 Å². The number of rotatable bonds is 2. The summed E-state index contributed by atoms with van der Waals surface area (Å²) in [6, 6.07) is 5.91. The first-order valence-corrected chi connectivity index (χ1v) is 5.16. The Morgan fingerprint density at radius 2 is 2.29 bits per heavy atom. The number of fused-ring (bicyclic) bond motifs is 1. The van der Waals surface area contributed by atoms with Gasteiger partial charge in [-0.1, -0.05) is 12.1 Å². The van der Waals surface area contributed by atoms with Gasteiger partial charge in [-0.15, -0.1) is 11.3 Å². The van der Waals surface area contributed by atoms with Crippen molar-refractivity contribution in [2.45, 2.75) is 13.5 Å². The number of carbonyl (C=O) groups excluding carboxylic acids is 1. The molecule has 0 aliphatic heterocycles. The minimum Gasteiger partial charge on any atom is -0.391 e. The molecule has 0 spiro atoms. The molecule has 1 heterocycles. The lowest BCUT2D eigenvalue weighted by Gasteiger charge is -1.96. The van der Waals surface area contributed by atoms with Crippen LogP contribution in [0, 0.1) is 6.92 Å². The van der Waals surface area contributed by atoms with E-state index in [2.05, 4.69) is 0 Å². The summed E-state index contributed by atoms with van der Waals surface area (Å²) in [5, 5.41) is 10.1. The number of benzene rings is 1. The zero-order chi connectivity index (χ0) is 10.1. The highest BCUT2D eigenvalue weighted by Gasteiger charge is 2.11. The molecule has 72 valence electrons. The molecule has 1 aromatic carbocycles. The van der Waals surface area contributed by atoms with Gasteiger partial charge in [-0.05, 0) is 18.6 Å². The van der Waals surface area contributed by atoms with Gasteiger partial charge in [-0.2, -0.15) is 0 Å². The summed E-state index contributed by atoms with van der Waals surface area (Å²) in [6.07, 6.45) is 0.831. The van der Waals surface area contributed by atoms with Crippen molar-refractivity contribution in [2.24, 2.45) is 0 Å². The van der Waals surface area contributed by atoms with Gasteiger partial charge in [0.25, 0.3) is 0 Å². The molecule has 0 amide bonds. The highest BCUT2D eigenvalue weighted by molar-refractivity contribution is 7.19. The number of hydrogen-bond acceptors (Lipinski definition) is 3. The van der Waals surface area contributed by atoms with Crippen molar-refractivity contribution in [1.29, 1.82) is 0 Å². The van der Waals surface area contributed by atoms with Crippen LogP contribution >= 0.6 is 11.3 Å². The highest BCUT2D eigenvalue weighted by Crippen LogP contribution is 2.32. The van der Waals surface area contributed by atoms with E-state index in [9.17, 15) is 4.79 Å². The number of thiophene rings is 1. The second-order valence-corrected chi connectivity index (χ2v) is 4.30. The molecule has 2 aromatic rings. The van der Waals surface area contributed by atoms with E-state index in [0.717, 1.165) is 26.8 Å². The third-order valence-electron chi connectivity index (χ3n) is 2.30. The summed E-state index contributed by atoms with van der Waals surface area (Å²) in [7, 11) is 0. The molecule has 2 rings (SSSR count). The Kier molecular flexibility index (Phi) is 2.35. The smallest absolute Gasteiger partial charge is 0.151 e. The Balaban J connectivity index is 2.88. The Morgan fingerprint density at radius 3 is 2.93 bits per heavy atom. The number of aryl methyl sites for hydroxylation is 1. The van der Waals surface area contributed by atoms with Gasteiger partial charge in [-0.25, -0.2) is 0 Å². The fourth-order valence-corrected chi connectivity index (χ4v) is 2.75. The monoisotopic (exact) mass is 206 g/mol. The standard InChI is InChI=1S/C11H10O2S/c1-7-3-2-4-9-11(7)8(5-12)10(6-13)14-9/h2-5,13H,6H2,1H3. The molecule has 0 unspecified atom stereocenters. The lowest BCUT2D eigenvalue weighted by molar-refractivity contribution is 0.112.